The zero-order chi connectivity index (χ0) is 14.0. The molecular weight excluding hydrogens is 257 g/mol. The number of carbonyl (C=O) groups excluding carboxylic acids is 1. The third-order valence-corrected chi connectivity index (χ3v) is 2.79. The third-order valence-electron chi connectivity index (χ3n) is 2.79. The van der Waals surface area contributed by atoms with Crippen LogP contribution in [0.5, 0.6) is 0 Å². The Hall–Kier alpha value is -2.04. The number of hydrogen-bond acceptors (Lipinski definition) is 2. The smallest absolute Gasteiger partial charge is 0.416 e. The van der Waals surface area contributed by atoms with Crippen LogP contribution in [0.3, 0.4) is 0 Å². The molecule has 1 heterocycles. The topological polar surface area (TPSA) is 30.2 Å². The lowest BCUT2D eigenvalue weighted by molar-refractivity contribution is -0.137. The van der Waals surface area contributed by atoms with Crippen LogP contribution >= 0.6 is 0 Å². The van der Waals surface area contributed by atoms with Gasteiger partial charge in [-0.1, -0.05) is 19.1 Å². The Morgan fingerprint density at radius 1 is 1.16 bits per heavy atom. The molecule has 1 aromatic carbocycles. The Balaban J connectivity index is 2.30. The first-order valence-electron chi connectivity index (χ1n) is 5.71. The van der Waals surface area contributed by atoms with Gasteiger partial charge in [0.15, 0.2) is 5.78 Å². The first kappa shape index (κ1) is 13.4. The molecule has 0 radical (unpaired) electrons. The number of furan rings is 1. The zero-order valence-corrected chi connectivity index (χ0v) is 10.1. The van der Waals surface area contributed by atoms with Crippen LogP contribution in [0.1, 0.15) is 34.2 Å². The number of hydrogen-bond donors (Lipinski definition) is 0. The quantitative estimate of drug-likeness (QED) is 0.785. The molecule has 0 bridgehead atoms. The monoisotopic (exact) mass is 268 g/mol. The zero-order valence-electron chi connectivity index (χ0n) is 10.1. The number of benzene rings is 1. The van der Waals surface area contributed by atoms with Crippen LogP contribution < -0.4 is 0 Å². The molecule has 2 rings (SSSR count). The van der Waals surface area contributed by atoms with Crippen molar-refractivity contribution in [3.63, 3.8) is 0 Å². The fraction of sp³-hybridized carbons (Fsp3) is 0.214. The molecule has 0 aliphatic carbocycles. The molecule has 0 aliphatic rings. The second-order valence-corrected chi connectivity index (χ2v) is 4.02. The summed E-state index contributed by atoms with van der Waals surface area (Å²) in [6.45, 7) is 1.84. The van der Waals surface area contributed by atoms with E-state index in [1.807, 2.05) is 6.92 Å². The van der Waals surface area contributed by atoms with Crippen molar-refractivity contribution in [2.75, 3.05) is 0 Å². The fourth-order valence-electron chi connectivity index (χ4n) is 1.78. The molecule has 0 amide bonds. The van der Waals surface area contributed by atoms with Gasteiger partial charge in [-0.15, -0.1) is 0 Å². The summed E-state index contributed by atoms with van der Waals surface area (Å²) in [6.07, 6.45) is -2.45. The second-order valence-electron chi connectivity index (χ2n) is 4.02. The SMILES string of the molecule is CCc1occc1C(=O)c1ccc(C(F)(F)F)cc1. The number of rotatable bonds is 3. The predicted octanol–water partition coefficient (Wildman–Crippen LogP) is 4.09. The molecule has 19 heavy (non-hydrogen) atoms. The molecule has 0 N–H and O–H groups in total. The van der Waals surface area contributed by atoms with Gasteiger partial charge in [0.2, 0.25) is 0 Å². The predicted molar refractivity (Wildman–Crippen MR) is 63.0 cm³/mol. The molecule has 0 saturated carbocycles. The van der Waals surface area contributed by atoms with Gasteiger partial charge in [-0.2, -0.15) is 13.2 Å². The first-order valence-corrected chi connectivity index (χ1v) is 5.71. The molecule has 0 spiro atoms. The van der Waals surface area contributed by atoms with Crippen LogP contribution in [0.15, 0.2) is 41.0 Å². The number of carbonyl (C=O) groups is 1. The van der Waals surface area contributed by atoms with Gasteiger partial charge in [0, 0.05) is 12.0 Å². The van der Waals surface area contributed by atoms with Crippen LogP contribution in [-0.4, -0.2) is 5.78 Å². The fourth-order valence-corrected chi connectivity index (χ4v) is 1.78. The van der Waals surface area contributed by atoms with E-state index in [9.17, 15) is 18.0 Å². The van der Waals surface area contributed by atoms with Crippen LogP contribution in [0.25, 0.3) is 0 Å². The highest BCUT2D eigenvalue weighted by Crippen LogP contribution is 2.29. The van der Waals surface area contributed by atoms with Crippen LogP contribution in [-0.2, 0) is 12.6 Å². The summed E-state index contributed by atoms with van der Waals surface area (Å²) in [7, 11) is 0. The lowest BCUT2D eigenvalue weighted by atomic mass is 10.0. The van der Waals surface area contributed by atoms with E-state index in [0.29, 0.717) is 17.7 Å². The molecule has 0 saturated heterocycles. The van der Waals surface area contributed by atoms with Crippen LogP contribution in [0, 0.1) is 0 Å². The third kappa shape index (κ3) is 2.70. The van der Waals surface area contributed by atoms with E-state index in [2.05, 4.69) is 0 Å². The summed E-state index contributed by atoms with van der Waals surface area (Å²) in [5.74, 6) is 0.198. The van der Waals surface area contributed by atoms with Gasteiger partial charge < -0.3 is 4.42 Å². The van der Waals surface area contributed by atoms with Gasteiger partial charge in [-0.05, 0) is 18.2 Å². The van der Waals surface area contributed by atoms with Crippen molar-refractivity contribution in [3.05, 3.63) is 59.0 Å². The summed E-state index contributed by atoms with van der Waals surface area (Å²) >= 11 is 0. The van der Waals surface area contributed by atoms with E-state index in [1.54, 1.807) is 0 Å². The molecule has 100 valence electrons. The Morgan fingerprint density at radius 2 is 1.79 bits per heavy atom. The van der Waals surface area contributed by atoms with E-state index in [4.69, 9.17) is 4.42 Å². The molecule has 0 aliphatic heterocycles. The second kappa shape index (κ2) is 4.91. The number of ketones is 1. The minimum absolute atomic E-state index is 0.212. The maximum Gasteiger partial charge on any atom is 0.416 e. The highest BCUT2D eigenvalue weighted by atomic mass is 19.4. The minimum Gasteiger partial charge on any atom is -0.469 e. The van der Waals surface area contributed by atoms with Crippen molar-refractivity contribution >= 4 is 5.78 Å². The van der Waals surface area contributed by atoms with Gasteiger partial charge in [0.25, 0.3) is 0 Å². The van der Waals surface area contributed by atoms with Crippen molar-refractivity contribution in [2.24, 2.45) is 0 Å². The highest BCUT2D eigenvalue weighted by Gasteiger charge is 2.30. The average Bonchev–Trinajstić information content (AvgIpc) is 2.85. The summed E-state index contributed by atoms with van der Waals surface area (Å²) in [5, 5.41) is 0. The van der Waals surface area contributed by atoms with Crippen molar-refractivity contribution in [3.8, 4) is 0 Å². The van der Waals surface area contributed by atoms with Crippen molar-refractivity contribution in [1.29, 1.82) is 0 Å². The maximum absolute atomic E-state index is 12.4. The van der Waals surface area contributed by atoms with Crippen molar-refractivity contribution in [1.82, 2.24) is 0 Å². The number of alkyl halides is 3. The molecule has 2 nitrogen and oxygen atoms in total. The molecular formula is C14H11F3O2. The maximum atomic E-state index is 12.4. The molecule has 0 atom stereocenters. The summed E-state index contributed by atoms with van der Waals surface area (Å²) in [4.78, 5) is 12.1. The summed E-state index contributed by atoms with van der Waals surface area (Å²) in [6, 6.07) is 5.69. The Kier molecular flexibility index (Phi) is 3.46. The van der Waals surface area contributed by atoms with Gasteiger partial charge in [-0.25, -0.2) is 0 Å². The lowest BCUT2D eigenvalue weighted by Gasteiger charge is -2.07. The number of aryl methyl sites for hydroxylation is 1. The van der Waals surface area contributed by atoms with Crippen LogP contribution in [0.4, 0.5) is 13.2 Å². The molecule has 5 heteroatoms. The summed E-state index contributed by atoms with van der Waals surface area (Å²) < 4.78 is 42.4. The number of halogens is 3. The van der Waals surface area contributed by atoms with Crippen molar-refractivity contribution in [2.45, 2.75) is 19.5 Å². The standard InChI is InChI=1S/C14H11F3O2/c1-2-12-11(7-8-19-12)13(18)9-3-5-10(6-4-9)14(15,16)17/h3-8H,2H2,1H3. The van der Waals surface area contributed by atoms with Crippen molar-refractivity contribution < 1.29 is 22.4 Å². The normalized spacial score (nSPS) is 11.6. The van der Waals surface area contributed by atoms with Gasteiger partial charge >= 0.3 is 6.18 Å². The molecule has 0 unspecified atom stereocenters. The Bertz CT molecular complexity index is 579. The average molecular weight is 268 g/mol. The van der Waals surface area contributed by atoms with Gasteiger partial charge in [0.1, 0.15) is 5.76 Å². The van der Waals surface area contributed by atoms with E-state index in [0.717, 1.165) is 12.1 Å². The van der Waals surface area contributed by atoms with E-state index >= 15 is 0 Å². The largest absolute Gasteiger partial charge is 0.469 e. The van der Waals surface area contributed by atoms with Gasteiger partial charge in [0.05, 0.1) is 17.4 Å². The van der Waals surface area contributed by atoms with E-state index < -0.39 is 11.7 Å². The molecule has 2 aromatic rings. The highest BCUT2D eigenvalue weighted by molar-refractivity contribution is 6.09. The Labute approximate surface area is 107 Å². The van der Waals surface area contributed by atoms with E-state index in [-0.39, 0.29) is 11.3 Å². The molecule has 1 aromatic heterocycles. The first-order chi connectivity index (χ1) is 8.93. The lowest BCUT2D eigenvalue weighted by Crippen LogP contribution is -2.07. The molecule has 0 fully saturated rings. The van der Waals surface area contributed by atoms with Gasteiger partial charge in [-0.3, -0.25) is 4.79 Å². The van der Waals surface area contributed by atoms with Crippen LogP contribution in [0.2, 0.25) is 0 Å². The summed E-state index contributed by atoms with van der Waals surface area (Å²) in [5.41, 5.74) is -0.168. The Morgan fingerprint density at radius 3 is 2.32 bits per heavy atom. The minimum atomic E-state index is -4.40. The van der Waals surface area contributed by atoms with E-state index in [1.165, 1.54) is 24.5 Å².